The largest absolute Gasteiger partial charge is 0.308 e. The lowest BCUT2D eigenvalue weighted by Crippen LogP contribution is -2.25. The van der Waals surface area contributed by atoms with Gasteiger partial charge in [0.2, 0.25) is 0 Å². The van der Waals surface area contributed by atoms with E-state index in [1.807, 2.05) is 16.9 Å². The summed E-state index contributed by atoms with van der Waals surface area (Å²) in [5, 5.41) is 11.3. The van der Waals surface area contributed by atoms with Gasteiger partial charge in [0.15, 0.2) is 0 Å². The zero-order valence-electron chi connectivity index (χ0n) is 10.1. The number of rotatable bonds is 6. The molecule has 0 aliphatic carbocycles. The van der Waals surface area contributed by atoms with Crippen LogP contribution >= 0.6 is 0 Å². The molecule has 0 bridgehead atoms. The van der Waals surface area contributed by atoms with Crippen molar-refractivity contribution in [2.45, 2.75) is 25.9 Å². The average molecular weight is 230 g/mol. The second-order valence-electron chi connectivity index (χ2n) is 3.99. The average Bonchev–Trinajstić information content (AvgIpc) is 2.89. The summed E-state index contributed by atoms with van der Waals surface area (Å²) in [6.45, 7) is 3.94. The lowest BCUT2D eigenvalue weighted by atomic mass is 10.1. The minimum atomic E-state index is 0.416. The Labute approximate surface area is 102 Å². The summed E-state index contributed by atoms with van der Waals surface area (Å²) in [7, 11) is 0. The monoisotopic (exact) mass is 230 g/mol. The van der Waals surface area contributed by atoms with Crippen molar-refractivity contribution in [3.8, 4) is 0 Å². The van der Waals surface area contributed by atoms with Crippen LogP contribution in [0.15, 0.2) is 42.7 Å². The van der Waals surface area contributed by atoms with Crippen molar-refractivity contribution in [3.05, 3.63) is 48.3 Å². The summed E-state index contributed by atoms with van der Waals surface area (Å²) < 4.78 is 1.84. The smallest absolute Gasteiger partial charge is 0.0692 e. The molecule has 4 nitrogen and oxygen atoms in total. The van der Waals surface area contributed by atoms with E-state index in [1.165, 1.54) is 5.56 Å². The summed E-state index contributed by atoms with van der Waals surface area (Å²) in [5.74, 6) is 0. The van der Waals surface area contributed by atoms with Crippen LogP contribution in [-0.2, 0) is 6.54 Å². The van der Waals surface area contributed by atoms with Crippen LogP contribution < -0.4 is 5.32 Å². The van der Waals surface area contributed by atoms with Gasteiger partial charge in [-0.2, -0.15) is 0 Å². The van der Waals surface area contributed by atoms with Gasteiger partial charge in [-0.15, -0.1) is 5.10 Å². The number of nitrogens with one attached hydrogen (secondary N) is 1. The van der Waals surface area contributed by atoms with Crippen LogP contribution in [-0.4, -0.2) is 21.5 Å². The molecule has 0 saturated carbocycles. The van der Waals surface area contributed by atoms with E-state index in [0.29, 0.717) is 6.04 Å². The number of hydrogen-bond acceptors (Lipinski definition) is 3. The molecular formula is C13H18N4. The molecule has 0 aliphatic heterocycles. The number of benzene rings is 1. The predicted octanol–water partition coefficient (Wildman–Crippen LogP) is 2.02. The summed E-state index contributed by atoms with van der Waals surface area (Å²) in [4.78, 5) is 0. The van der Waals surface area contributed by atoms with E-state index in [4.69, 9.17) is 0 Å². The molecular weight excluding hydrogens is 212 g/mol. The minimum Gasteiger partial charge on any atom is -0.308 e. The quantitative estimate of drug-likeness (QED) is 0.825. The van der Waals surface area contributed by atoms with Gasteiger partial charge in [-0.05, 0) is 12.0 Å². The Morgan fingerprint density at radius 1 is 1.29 bits per heavy atom. The molecule has 1 aromatic heterocycles. The fourth-order valence-electron chi connectivity index (χ4n) is 1.89. The Morgan fingerprint density at radius 3 is 2.76 bits per heavy atom. The SMILES string of the molecule is CCC(NCCn1ccnn1)c1ccccc1. The zero-order chi connectivity index (χ0) is 11.9. The van der Waals surface area contributed by atoms with Crippen LogP contribution in [0.25, 0.3) is 0 Å². The lowest BCUT2D eigenvalue weighted by molar-refractivity contribution is 0.471. The lowest BCUT2D eigenvalue weighted by Gasteiger charge is -2.17. The molecule has 1 atom stereocenters. The van der Waals surface area contributed by atoms with E-state index in [2.05, 4.69) is 46.8 Å². The van der Waals surface area contributed by atoms with E-state index in [-0.39, 0.29) is 0 Å². The fraction of sp³-hybridized carbons (Fsp3) is 0.385. The van der Waals surface area contributed by atoms with Crippen molar-refractivity contribution in [2.24, 2.45) is 0 Å². The van der Waals surface area contributed by atoms with E-state index in [9.17, 15) is 0 Å². The first kappa shape index (κ1) is 11.8. The van der Waals surface area contributed by atoms with E-state index < -0.39 is 0 Å². The molecule has 0 radical (unpaired) electrons. The zero-order valence-corrected chi connectivity index (χ0v) is 10.1. The van der Waals surface area contributed by atoms with Crippen molar-refractivity contribution in [1.29, 1.82) is 0 Å². The highest BCUT2D eigenvalue weighted by Crippen LogP contribution is 2.15. The van der Waals surface area contributed by atoms with Crippen LogP contribution in [0.4, 0.5) is 0 Å². The maximum absolute atomic E-state index is 3.94. The topological polar surface area (TPSA) is 42.7 Å². The Balaban J connectivity index is 1.84. The molecule has 2 rings (SSSR count). The Kier molecular flexibility index (Phi) is 4.27. The van der Waals surface area contributed by atoms with Gasteiger partial charge in [-0.1, -0.05) is 42.5 Å². The number of hydrogen-bond donors (Lipinski definition) is 1. The Bertz CT molecular complexity index is 410. The van der Waals surface area contributed by atoms with E-state index in [0.717, 1.165) is 19.5 Å². The van der Waals surface area contributed by atoms with Gasteiger partial charge in [0.25, 0.3) is 0 Å². The predicted molar refractivity (Wildman–Crippen MR) is 67.5 cm³/mol. The van der Waals surface area contributed by atoms with E-state index >= 15 is 0 Å². The molecule has 0 saturated heterocycles. The van der Waals surface area contributed by atoms with Crippen molar-refractivity contribution >= 4 is 0 Å². The molecule has 17 heavy (non-hydrogen) atoms. The van der Waals surface area contributed by atoms with Crippen molar-refractivity contribution < 1.29 is 0 Å². The third-order valence-electron chi connectivity index (χ3n) is 2.81. The molecule has 0 fully saturated rings. The van der Waals surface area contributed by atoms with Gasteiger partial charge >= 0.3 is 0 Å². The van der Waals surface area contributed by atoms with Gasteiger partial charge in [0.1, 0.15) is 0 Å². The first-order valence-corrected chi connectivity index (χ1v) is 6.02. The third kappa shape index (κ3) is 3.39. The molecule has 4 heteroatoms. The molecule has 0 aliphatic rings. The first-order valence-electron chi connectivity index (χ1n) is 6.02. The van der Waals surface area contributed by atoms with Crippen LogP contribution in [0.5, 0.6) is 0 Å². The highest BCUT2D eigenvalue weighted by molar-refractivity contribution is 5.18. The summed E-state index contributed by atoms with van der Waals surface area (Å²) in [6, 6.07) is 11.0. The maximum atomic E-state index is 3.94. The Hall–Kier alpha value is -1.68. The minimum absolute atomic E-state index is 0.416. The molecule has 90 valence electrons. The van der Waals surface area contributed by atoms with Gasteiger partial charge in [-0.25, -0.2) is 0 Å². The van der Waals surface area contributed by atoms with Crippen LogP contribution in [0.2, 0.25) is 0 Å². The third-order valence-corrected chi connectivity index (χ3v) is 2.81. The van der Waals surface area contributed by atoms with Crippen LogP contribution in [0, 0.1) is 0 Å². The van der Waals surface area contributed by atoms with Crippen molar-refractivity contribution in [1.82, 2.24) is 20.3 Å². The summed E-state index contributed by atoms with van der Waals surface area (Å²) >= 11 is 0. The normalized spacial score (nSPS) is 12.5. The molecule has 2 aromatic rings. The molecule has 0 spiro atoms. The number of aromatic nitrogens is 3. The maximum Gasteiger partial charge on any atom is 0.0692 e. The molecule has 1 aromatic carbocycles. The van der Waals surface area contributed by atoms with Crippen molar-refractivity contribution in [3.63, 3.8) is 0 Å². The van der Waals surface area contributed by atoms with Crippen LogP contribution in [0.1, 0.15) is 24.9 Å². The van der Waals surface area contributed by atoms with E-state index in [1.54, 1.807) is 6.20 Å². The van der Waals surface area contributed by atoms with Gasteiger partial charge in [0, 0.05) is 18.8 Å². The summed E-state index contributed by atoms with van der Waals surface area (Å²) in [6.07, 6.45) is 4.67. The second kappa shape index (κ2) is 6.15. The van der Waals surface area contributed by atoms with Crippen molar-refractivity contribution in [2.75, 3.05) is 6.54 Å². The second-order valence-corrected chi connectivity index (χ2v) is 3.99. The highest BCUT2D eigenvalue weighted by Gasteiger charge is 2.07. The highest BCUT2D eigenvalue weighted by atomic mass is 15.4. The van der Waals surface area contributed by atoms with Gasteiger partial charge in [-0.3, -0.25) is 4.68 Å². The number of nitrogens with zero attached hydrogens (tertiary/aromatic N) is 3. The molecule has 1 unspecified atom stereocenters. The fourth-order valence-corrected chi connectivity index (χ4v) is 1.89. The standard InChI is InChI=1S/C13H18N4/c1-2-13(12-6-4-3-5-7-12)14-8-10-17-11-9-15-16-17/h3-7,9,11,13-14H,2,8,10H2,1H3. The first-order chi connectivity index (χ1) is 8.40. The molecule has 0 amide bonds. The van der Waals surface area contributed by atoms with Crippen LogP contribution in [0.3, 0.4) is 0 Å². The molecule has 1 N–H and O–H groups in total. The molecule has 1 heterocycles. The Morgan fingerprint density at radius 2 is 2.12 bits per heavy atom. The van der Waals surface area contributed by atoms with Gasteiger partial charge < -0.3 is 5.32 Å². The van der Waals surface area contributed by atoms with Gasteiger partial charge in [0.05, 0.1) is 12.7 Å². The summed E-state index contributed by atoms with van der Waals surface area (Å²) in [5.41, 5.74) is 1.34.